The van der Waals surface area contributed by atoms with Crippen LogP contribution < -0.4 is 5.32 Å². The third-order valence-corrected chi connectivity index (χ3v) is 1.50. The first-order chi connectivity index (χ1) is 4.34. The molecule has 1 rings (SSSR count). The van der Waals surface area contributed by atoms with Crippen LogP contribution >= 0.6 is 0 Å². The maximum absolute atomic E-state index is 8.43. The van der Waals surface area contributed by atoms with Gasteiger partial charge in [-0.15, -0.1) is 0 Å². The van der Waals surface area contributed by atoms with Crippen molar-refractivity contribution in [3.05, 3.63) is 0 Å². The first kappa shape index (κ1) is 6.24. The van der Waals surface area contributed by atoms with E-state index in [1.165, 1.54) is 0 Å². The van der Waals surface area contributed by atoms with Gasteiger partial charge in [0, 0.05) is 18.8 Å². The molecule has 1 heterocycles. The Morgan fingerprint density at radius 2 is 2.56 bits per heavy atom. The lowest BCUT2D eigenvalue weighted by atomic mass is 9.99. The Labute approximate surface area is 54.2 Å². The summed E-state index contributed by atoms with van der Waals surface area (Å²) in [5.74, 6) is -0.168. The largest absolute Gasteiger partial charge is 0.315 e. The van der Waals surface area contributed by atoms with Crippen molar-refractivity contribution >= 4 is 5.71 Å². The van der Waals surface area contributed by atoms with Crippen molar-refractivity contribution in [2.75, 3.05) is 13.1 Å². The maximum Gasteiger partial charge on any atom is 0.0962 e. The molecule has 0 aromatic rings. The Bertz CT molecular complexity index is 156. The quantitative estimate of drug-likeness (QED) is 0.481. The molecule has 0 saturated carbocycles. The second kappa shape index (κ2) is 2.60. The summed E-state index contributed by atoms with van der Waals surface area (Å²) in [5, 5.41) is 18.8. The third kappa shape index (κ3) is 1.27. The first-order valence-electron chi connectivity index (χ1n) is 3.02. The van der Waals surface area contributed by atoms with E-state index in [9.17, 15) is 0 Å². The normalized spacial score (nSPS) is 27.4. The minimum Gasteiger partial charge on any atom is -0.315 e. The van der Waals surface area contributed by atoms with Crippen molar-refractivity contribution in [1.82, 2.24) is 5.32 Å². The van der Waals surface area contributed by atoms with E-state index in [0.717, 1.165) is 13.0 Å². The Balaban J connectivity index is 2.51. The Morgan fingerprint density at radius 1 is 1.78 bits per heavy atom. The van der Waals surface area contributed by atoms with Crippen molar-refractivity contribution in [3.8, 4) is 6.07 Å². The lowest BCUT2D eigenvalue weighted by Gasteiger charge is -2.17. The van der Waals surface area contributed by atoms with E-state index in [-0.39, 0.29) is 5.92 Å². The second-order valence-electron chi connectivity index (χ2n) is 2.16. The zero-order valence-electron chi connectivity index (χ0n) is 5.15. The maximum atomic E-state index is 8.43. The molecule has 0 unspecified atom stereocenters. The van der Waals surface area contributed by atoms with Crippen LogP contribution in [0, 0.1) is 22.7 Å². The molecule has 1 aliphatic heterocycles. The Hall–Kier alpha value is -0.880. The van der Waals surface area contributed by atoms with Crippen molar-refractivity contribution in [2.24, 2.45) is 5.92 Å². The van der Waals surface area contributed by atoms with Crippen LogP contribution in [-0.2, 0) is 0 Å². The van der Waals surface area contributed by atoms with Gasteiger partial charge in [-0.3, -0.25) is 0 Å². The molecule has 1 atom stereocenters. The number of rotatable bonds is 0. The average Bonchev–Trinajstić information content (AvgIpc) is 1.89. The van der Waals surface area contributed by atoms with Crippen LogP contribution in [-0.4, -0.2) is 18.8 Å². The van der Waals surface area contributed by atoms with Crippen LogP contribution in [0.15, 0.2) is 0 Å². The third-order valence-electron chi connectivity index (χ3n) is 1.50. The molecular weight excluding hydrogens is 114 g/mol. The molecule has 0 aromatic carbocycles. The lowest BCUT2D eigenvalue weighted by Crippen LogP contribution is -2.35. The summed E-state index contributed by atoms with van der Waals surface area (Å²) in [5.41, 5.74) is 0.580. The highest BCUT2D eigenvalue weighted by Gasteiger charge is 2.16. The van der Waals surface area contributed by atoms with Crippen molar-refractivity contribution in [3.63, 3.8) is 0 Å². The molecule has 1 aliphatic rings. The molecule has 1 fully saturated rings. The monoisotopic (exact) mass is 123 g/mol. The van der Waals surface area contributed by atoms with E-state index in [1.54, 1.807) is 0 Å². The lowest BCUT2D eigenvalue weighted by molar-refractivity contribution is 0.609. The summed E-state index contributed by atoms with van der Waals surface area (Å²) in [7, 11) is 0. The van der Waals surface area contributed by atoms with Gasteiger partial charge in [0.1, 0.15) is 0 Å². The fraction of sp³-hybridized carbons (Fsp3) is 0.667. The Morgan fingerprint density at radius 3 is 3.00 bits per heavy atom. The molecule has 0 aliphatic carbocycles. The van der Waals surface area contributed by atoms with Crippen LogP contribution in [0.4, 0.5) is 0 Å². The molecule has 1 saturated heterocycles. The van der Waals surface area contributed by atoms with Crippen LogP contribution in [0.5, 0.6) is 0 Å². The topological polar surface area (TPSA) is 59.7 Å². The average molecular weight is 123 g/mol. The smallest absolute Gasteiger partial charge is 0.0962 e. The van der Waals surface area contributed by atoms with E-state index in [2.05, 4.69) is 11.4 Å². The summed E-state index contributed by atoms with van der Waals surface area (Å²) < 4.78 is 0. The minimum atomic E-state index is -0.168. The molecule has 0 bridgehead atoms. The number of hydrogen-bond acceptors (Lipinski definition) is 3. The zero-order chi connectivity index (χ0) is 6.69. The van der Waals surface area contributed by atoms with Gasteiger partial charge in [0.05, 0.1) is 12.0 Å². The highest BCUT2D eigenvalue weighted by atomic mass is 14.9. The van der Waals surface area contributed by atoms with E-state index >= 15 is 0 Å². The fourth-order valence-electron chi connectivity index (χ4n) is 0.890. The SMILES string of the molecule is N#C[C@H]1CNCCC1=N. The van der Waals surface area contributed by atoms with Crippen LogP contribution in [0.1, 0.15) is 6.42 Å². The summed E-state index contributed by atoms with van der Waals surface area (Å²) >= 11 is 0. The van der Waals surface area contributed by atoms with Gasteiger partial charge in [0.2, 0.25) is 0 Å². The predicted octanol–water partition coefficient (Wildman–Crippen LogP) is 0.139. The number of nitrogens with zero attached hydrogens (tertiary/aromatic N) is 1. The van der Waals surface area contributed by atoms with Gasteiger partial charge in [0.25, 0.3) is 0 Å². The van der Waals surface area contributed by atoms with E-state index in [1.807, 2.05) is 0 Å². The number of hydrogen-bond donors (Lipinski definition) is 2. The molecule has 0 spiro atoms. The molecule has 0 radical (unpaired) electrons. The van der Waals surface area contributed by atoms with Crippen LogP contribution in [0.3, 0.4) is 0 Å². The number of nitrogens with one attached hydrogen (secondary N) is 2. The highest BCUT2D eigenvalue weighted by Crippen LogP contribution is 2.03. The number of piperidine rings is 1. The molecule has 0 amide bonds. The summed E-state index contributed by atoms with van der Waals surface area (Å²) in [4.78, 5) is 0. The highest BCUT2D eigenvalue weighted by molar-refractivity contribution is 5.87. The molecular formula is C6H9N3. The van der Waals surface area contributed by atoms with Gasteiger partial charge in [-0.2, -0.15) is 5.26 Å². The summed E-state index contributed by atoms with van der Waals surface area (Å²) in [6.07, 6.45) is 0.734. The molecule has 9 heavy (non-hydrogen) atoms. The van der Waals surface area contributed by atoms with Crippen molar-refractivity contribution < 1.29 is 0 Å². The summed E-state index contributed by atoms with van der Waals surface area (Å²) in [6, 6.07) is 2.07. The van der Waals surface area contributed by atoms with Crippen LogP contribution in [0.2, 0.25) is 0 Å². The molecule has 3 heteroatoms. The summed E-state index contributed by atoms with van der Waals surface area (Å²) in [6.45, 7) is 1.52. The molecule has 48 valence electrons. The van der Waals surface area contributed by atoms with Crippen molar-refractivity contribution in [1.29, 1.82) is 10.7 Å². The minimum absolute atomic E-state index is 0.168. The molecule has 0 aromatic heterocycles. The molecule has 2 N–H and O–H groups in total. The predicted molar refractivity (Wildman–Crippen MR) is 34.3 cm³/mol. The Kier molecular flexibility index (Phi) is 1.81. The van der Waals surface area contributed by atoms with Gasteiger partial charge in [0.15, 0.2) is 0 Å². The zero-order valence-corrected chi connectivity index (χ0v) is 5.15. The first-order valence-corrected chi connectivity index (χ1v) is 3.02. The van der Waals surface area contributed by atoms with Gasteiger partial charge < -0.3 is 10.7 Å². The van der Waals surface area contributed by atoms with Crippen LogP contribution in [0.25, 0.3) is 0 Å². The van der Waals surface area contributed by atoms with Crippen molar-refractivity contribution in [2.45, 2.75) is 6.42 Å². The van der Waals surface area contributed by atoms with E-state index < -0.39 is 0 Å². The van der Waals surface area contributed by atoms with Gasteiger partial charge >= 0.3 is 0 Å². The van der Waals surface area contributed by atoms with Gasteiger partial charge in [-0.25, -0.2) is 0 Å². The van der Waals surface area contributed by atoms with Gasteiger partial charge in [-0.1, -0.05) is 0 Å². The standard InChI is InChI=1S/C6H9N3/c7-3-5-4-9-2-1-6(5)8/h5,8-9H,1-2,4H2/t5-/m0/s1. The van der Waals surface area contributed by atoms with Gasteiger partial charge in [-0.05, 0) is 6.42 Å². The van der Waals surface area contributed by atoms with E-state index in [4.69, 9.17) is 10.7 Å². The van der Waals surface area contributed by atoms with E-state index in [0.29, 0.717) is 12.3 Å². The molecule has 3 nitrogen and oxygen atoms in total. The number of nitriles is 1. The fourth-order valence-corrected chi connectivity index (χ4v) is 0.890. The second-order valence-corrected chi connectivity index (χ2v) is 2.16.